The molecule has 3 aliphatic rings. The highest BCUT2D eigenvalue weighted by molar-refractivity contribution is 5.85. The summed E-state index contributed by atoms with van der Waals surface area (Å²) in [7, 11) is 4.61. The van der Waals surface area contributed by atoms with Crippen molar-refractivity contribution in [2.24, 2.45) is 11.8 Å². The van der Waals surface area contributed by atoms with E-state index >= 15 is 0 Å². The van der Waals surface area contributed by atoms with Gasteiger partial charge in [-0.15, -0.1) is 12.4 Å². The maximum atomic E-state index is 3.48. The van der Waals surface area contributed by atoms with Crippen LogP contribution < -0.4 is 5.32 Å². The first-order valence-corrected chi connectivity index (χ1v) is 10.5. The molecule has 0 amide bonds. The predicted molar refractivity (Wildman–Crippen MR) is 110 cm³/mol. The molecule has 4 nitrogen and oxygen atoms in total. The van der Waals surface area contributed by atoms with Crippen LogP contribution in [-0.2, 0) is 0 Å². The Balaban J connectivity index is 0.00000225. The van der Waals surface area contributed by atoms with Crippen molar-refractivity contribution in [3.8, 4) is 0 Å². The smallest absolute Gasteiger partial charge is 0.0120 e. The number of halogens is 1. The fourth-order valence-corrected chi connectivity index (χ4v) is 4.97. The van der Waals surface area contributed by atoms with Gasteiger partial charge in [-0.3, -0.25) is 0 Å². The van der Waals surface area contributed by atoms with Crippen molar-refractivity contribution in [1.82, 2.24) is 20.0 Å². The van der Waals surface area contributed by atoms with Gasteiger partial charge < -0.3 is 20.0 Å². The van der Waals surface area contributed by atoms with E-state index in [1.54, 1.807) is 0 Å². The molecule has 0 bridgehead atoms. The molecular formula is C20H41ClN4. The van der Waals surface area contributed by atoms with E-state index in [2.05, 4.69) is 34.1 Å². The molecule has 5 heteroatoms. The van der Waals surface area contributed by atoms with Crippen molar-refractivity contribution in [2.45, 2.75) is 51.0 Å². The Morgan fingerprint density at radius 2 is 1.52 bits per heavy atom. The van der Waals surface area contributed by atoms with E-state index < -0.39 is 0 Å². The molecule has 0 atom stereocenters. The highest BCUT2D eigenvalue weighted by Gasteiger charge is 2.27. The molecule has 0 saturated carbocycles. The average Bonchev–Trinajstić information content (AvgIpc) is 2.62. The SMILES string of the molecule is CN1CCC(N2CCC(CCN(C)CC3CCNCC3)CC2)CC1.Cl. The summed E-state index contributed by atoms with van der Waals surface area (Å²) < 4.78 is 0. The molecule has 0 aromatic heterocycles. The minimum Gasteiger partial charge on any atom is -0.317 e. The van der Waals surface area contributed by atoms with Gasteiger partial charge in [0.1, 0.15) is 0 Å². The van der Waals surface area contributed by atoms with Gasteiger partial charge in [0, 0.05) is 12.6 Å². The van der Waals surface area contributed by atoms with Crippen molar-refractivity contribution in [3.05, 3.63) is 0 Å². The third-order valence-electron chi connectivity index (χ3n) is 6.80. The van der Waals surface area contributed by atoms with Crippen LogP contribution in [0.2, 0.25) is 0 Å². The Bertz CT molecular complexity index is 346. The normalized spacial score (nSPS) is 26.0. The minimum absolute atomic E-state index is 0. The Hall–Kier alpha value is 0.130. The number of hydrogen-bond donors (Lipinski definition) is 1. The first-order valence-electron chi connectivity index (χ1n) is 10.5. The van der Waals surface area contributed by atoms with Crippen LogP contribution in [-0.4, -0.2) is 87.2 Å². The molecule has 25 heavy (non-hydrogen) atoms. The first kappa shape index (κ1) is 21.4. The van der Waals surface area contributed by atoms with Crippen LogP contribution in [0.3, 0.4) is 0 Å². The van der Waals surface area contributed by atoms with E-state index in [0.717, 1.165) is 17.9 Å². The third kappa shape index (κ3) is 6.99. The summed E-state index contributed by atoms with van der Waals surface area (Å²) in [5, 5.41) is 3.48. The number of piperidine rings is 3. The molecule has 0 aromatic rings. The van der Waals surface area contributed by atoms with Gasteiger partial charge in [0.15, 0.2) is 0 Å². The van der Waals surface area contributed by atoms with Crippen LogP contribution in [0.1, 0.15) is 44.9 Å². The Morgan fingerprint density at radius 3 is 2.16 bits per heavy atom. The molecule has 148 valence electrons. The third-order valence-corrected chi connectivity index (χ3v) is 6.80. The summed E-state index contributed by atoms with van der Waals surface area (Å²) in [6.45, 7) is 10.4. The van der Waals surface area contributed by atoms with Crippen LogP contribution in [0.15, 0.2) is 0 Å². The minimum atomic E-state index is 0. The van der Waals surface area contributed by atoms with Crippen molar-refractivity contribution in [3.63, 3.8) is 0 Å². The van der Waals surface area contributed by atoms with Gasteiger partial charge in [0.05, 0.1) is 0 Å². The molecule has 0 aliphatic carbocycles. The molecule has 3 rings (SSSR count). The lowest BCUT2D eigenvalue weighted by Gasteiger charge is -2.41. The second kappa shape index (κ2) is 11.1. The van der Waals surface area contributed by atoms with Gasteiger partial charge in [-0.05, 0) is 117 Å². The molecule has 1 N–H and O–H groups in total. The average molecular weight is 373 g/mol. The molecule has 0 aromatic carbocycles. The van der Waals surface area contributed by atoms with Gasteiger partial charge in [0.25, 0.3) is 0 Å². The summed E-state index contributed by atoms with van der Waals surface area (Å²) in [6.07, 6.45) is 9.82. The van der Waals surface area contributed by atoms with E-state index in [1.807, 2.05) is 0 Å². The molecule has 0 radical (unpaired) electrons. The molecule has 3 fully saturated rings. The second-order valence-electron chi connectivity index (χ2n) is 8.76. The van der Waals surface area contributed by atoms with Crippen LogP contribution in [0, 0.1) is 11.8 Å². The van der Waals surface area contributed by atoms with Crippen LogP contribution in [0.25, 0.3) is 0 Å². The van der Waals surface area contributed by atoms with Crippen molar-refractivity contribution in [2.75, 3.05) is 66.5 Å². The van der Waals surface area contributed by atoms with E-state index in [-0.39, 0.29) is 12.4 Å². The summed E-state index contributed by atoms with van der Waals surface area (Å²) >= 11 is 0. The van der Waals surface area contributed by atoms with Crippen molar-refractivity contribution < 1.29 is 0 Å². The number of likely N-dealkylation sites (tertiary alicyclic amines) is 2. The number of rotatable bonds is 6. The van der Waals surface area contributed by atoms with Crippen molar-refractivity contribution in [1.29, 1.82) is 0 Å². The topological polar surface area (TPSA) is 21.8 Å². The maximum Gasteiger partial charge on any atom is 0.0120 e. The number of hydrogen-bond acceptors (Lipinski definition) is 4. The molecular weight excluding hydrogens is 332 g/mol. The first-order chi connectivity index (χ1) is 11.7. The molecule has 3 aliphatic heterocycles. The Labute approximate surface area is 162 Å². The molecule has 0 unspecified atom stereocenters. The Morgan fingerprint density at radius 1 is 0.880 bits per heavy atom. The fraction of sp³-hybridized carbons (Fsp3) is 1.00. The van der Waals surface area contributed by atoms with Gasteiger partial charge in [-0.2, -0.15) is 0 Å². The van der Waals surface area contributed by atoms with Gasteiger partial charge in [-0.1, -0.05) is 0 Å². The van der Waals surface area contributed by atoms with Gasteiger partial charge >= 0.3 is 0 Å². The van der Waals surface area contributed by atoms with Crippen LogP contribution >= 0.6 is 12.4 Å². The summed E-state index contributed by atoms with van der Waals surface area (Å²) in [5.74, 6) is 1.91. The zero-order chi connectivity index (χ0) is 16.8. The van der Waals surface area contributed by atoms with E-state index in [1.165, 1.54) is 97.3 Å². The van der Waals surface area contributed by atoms with E-state index in [0.29, 0.717) is 0 Å². The fourth-order valence-electron chi connectivity index (χ4n) is 4.97. The predicted octanol–water partition coefficient (Wildman–Crippen LogP) is 2.54. The highest BCUT2D eigenvalue weighted by Crippen LogP contribution is 2.25. The largest absolute Gasteiger partial charge is 0.317 e. The van der Waals surface area contributed by atoms with Gasteiger partial charge in [-0.25, -0.2) is 0 Å². The number of nitrogens with zero attached hydrogens (tertiary/aromatic N) is 3. The monoisotopic (exact) mass is 372 g/mol. The molecule has 3 heterocycles. The second-order valence-corrected chi connectivity index (χ2v) is 8.76. The summed E-state index contributed by atoms with van der Waals surface area (Å²) in [5.41, 5.74) is 0. The zero-order valence-electron chi connectivity index (χ0n) is 16.6. The maximum absolute atomic E-state index is 3.48. The van der Waals surface area contributed by atoms with Crippen LogP contribution in [0.5, 0.6) is 0 Å². The lowest BCUT2D eigenvalue weighted by atomic mass is 9.91. The van der Waals surface area contributed by atoms with E-state index in [4.69, 9.17) is 0 Å². The summed E-state index contributed by atoms with van der Waals surface area (Å²) in [4.78, 5) is 7.91. The quantitative estimate of drug-likeness (QED) is 0.773. The zero-order valence-corrected chi connectivity index (χ0v) is 17.4. The standard InChI is InChI=1S/C20H40N4.ClH/c1-22-13-8-20(9-14-22)24-15-6-18(7-16-24)5-12-23(2)17-19-3-10-21-11-4-19;/h18-21H,3-17H2,1-2H3;1H. The highest BCUT2D eigenvalue weighted by atomic mass is 35.5. The molecule has 3 saturated heterocycles. The lowest BCUT2D eigenvalue weighted by Crippen LogP contribution is -2.47. The van der Waals surface area contributed by atoms with Crippen LogP contribution in [0.4, 0.5) is 0 Å². The summed E-state index contributed by atoms with van der Waals surface area (Å²) in [6, 6.07) is 0.879. The lowest BCUT2D eigenvalue weighted by molar-refractivity contribution is 0.0810. The molecule has 0 spiro atoms. The van der Waals surface area contributed by atoms with Crippen molar-refractivity contribution >= 4 is 12.4 Å². The number of nitrogens with one attached hydrogen (secondary N) is 1. The van der Waals surface area contributed by atoms with E-state index in [9.17, 15) is 0 Å². The Kier molecular flexibility index (Phi) is 9.50. The van der Waals surface area contributed by atoms with Gasteiger partial charge in [0.2, 0.25) is 0 Å².